The zero-order valence-corrected chi connectivity index (χ0v) is 8.28. The van der Waals surface area contributed by atoms with Crippen molar-refractivity contribution in [1.29, 1.82) is 0 Å². The smallest absolute Gasteiger partial charge is 0.405 e. The van der Waals surface area contributed by atoms with Crippen LogP contribution in [0.15, 0.2) is 0 Å². The molecule has 0 saturated carbocycles. The van der Waals surface area contributed by atoms with Crippen molar-refractivity contribution < 1.29 is 17.9 Å². The van der Waals surface area contributed by atoms with E-state index in [1.807, 2.05) is 0 Å². The third-order valence-corrected chi connectivity index (χ3v) is 2.26. The number of rotatable bonds is 3. The highest BCUT2D eigenvalue weighted by molar-refractivity contribution is 8.13. The molecule has 0 atom stereocenters. The summed E-state index contributed by atoms with van der Waals surface area (Å²) >= 11 is 0. The van der Waals surface area contributed by atoms with E-state index in [1.54, 1.807) is 0 Å². The van der Waals surface area contributed by atoms with Crippen LogP contribution in [-0.2, 0) is 13.8 Å². The fourth-order valence-corrected chi connectivity index (χ4v) is 2.39. The van der Waals surface area contributed by atoms with Crippen LogP contribution < -0.4 is 5.73 Å². The second-order valence-electron chi connectivity index (χ2n) is 2.86. The summed E-state index contributed by atoms with van der Waals surface area (Å²) < 4.78 is 25.6. The predicted octanol–water partition coefficient (Wildman–Crippen LogP) is 0.429. The van der Waals surface area contributed by atoms with Crippen molar-refractivity contribution >= 4 is 25.8 Å². The average molecular weight is 216 g/mol. The van der Waals surface area contributed by atoms with Crippen LogP contribution in [0.1, 0.15) is 13.8 Å². The Bertz CT molecular complexity index is 271. The maximum atomic E-state index is 10.6. The van der Waals surface area contributed by atoms with Gasteiger partial charge < -0.3 is 10.5 Å². The first-order chi connectivity index (χ1) is 5.12. The molecule has 0 aromatic carbocycles. The molecule has 0 spiro atoms. The maximum Gasteiger partial charge on any atom is 0.405 e. The minimum absolute atomic E-state index is 0.468. The molecule has 0 aliphatic carbocycles. The van der Waals surface area contributed by atoms with E-state index in [0.717, 1.165) is 0 Å². The van der Waals surface area contributed by atoms with Crippen LogP contribution in [-0.4, -0.2) is 25.9 Å². The molecule has 0 fully saturated rings. The van der Waals surface area contributed by atoms with Crippen molar-refractivity contribution in [3.05, 3.63) is 0 Å². The lowest BCUT2D eigenvalue weighted by Gasteiger charge is -2.21. The molecule has 0 bridgehead atoms. The molecule has 72 valence electrons. The van der Waals surface area contributed by atoms with Gasteiger partial charge in [-0.15, -0.1) is 0 Å². The number of hydrogen-bond donors (Lipinski definition) is 1. The van der Waals surface area contributed by atoms with Gasteiger partial charge in [-0.05, 0) is 13.8 Å². The van der Waals surface area contributed by atoms with Gasteiger partial charge in [0.15, 0.2) is 0 Å². The summed E-state index contributed by atoms with van der Waals surface area (Å²) in [6.45, 7) is 2.80. The van der Waals surface area contributed by atoms with Gasteiger partial charge in [-0.3, -0.25) is 0 Å². The topological polar surface area (TPSA) is 86.5 Å². The van der Waals surface area contributed by atoms with Crippen LogP contribution in [0.5, 0.6) is 0 Å². The number of amides is 1. The Hall–Kier alpha value is -0.490. The van der Waals surface area contributed by atoms with Gasteiger partial charge in [-0.25, -0.2) is 13.2 Å². The Balaban J connectivity index is 4.33. The van der Waals surface area contributed by atoms with Gasteiger partial charge in [0, 0.05) is 10.7 Å². The van der Waals surface area contributed by atoms with Crippen LogP contribution >= 0.6 is 10.7 Å². The monoisotopic (exact) mass is 215 g/mol. The lowest BCUT2D eigenvalue weighted by atomic mass is 10.2. The average Bonchev–Trinajstić information content (AvgIpc) is 1.48. The molecule has 5 nitrogen and oxygen atoms in total. The Morgan fingerprint density at radius 1 is 1.58 bits per heavy atom. The van der Waals surface area contributed by atoms with E-state index < -0.39 is 26.5 Å². The zero-order chi connectivity index (χ0) is 9.99. The largest absolute Gasteiger partial charge is 0.443 e. The van der Waals surface area contributed by atoms with Crippen molar-refractivity contribution in [2.24, 2.45) is 5.73 Å². The zero-order valence-electron chi connectivity index (χ0n) is 6.70. The van der Waals surface area contributed by atoms with E-state index in [1.165, 1.54) is 13.8 Å². The minimum Gasteiger partial charge on any atom is -0.443 e. The Morgan fingerprint density at radius 2 is 2.00 bits per heavy atom. The van der Waals surface area contributed by atoms with Crippen molar-refractivity contribution in [3.8, 4) is 0 Å². The molecule has 0 aromatic rings. The van der Waals surface area contributed by atoms with Gasteiger partial charge in [0.2, 0.25) is 9.05 Å². The Morgan fingerprint density at radius 3 is 2.25 bits per heavy atom. The lowest BCUT2D eigenvalue weighted by molar-refractivity contribution is 0.0625. The third kappa shape index (κ3) is 6.23. The van der Waals surface area contributed by atoms with Crippen LogP contribution in [0, 0.1) is 0 Å². The van der Waals surface area contributed by atoms with Gasteiger partial charge in [0.05, 0.1) is 0 Å². The summed E-state index contributed by atoms with van der Waals surface area (Å²) in [6.07, 6.45) is -1.03. The third-order valence-electron chi connectivity index (χ3n) is 0.897. The van der Waals surface area contributed by atoms with Crippen molar-refractivity contribution in [1.82, 2.24) is 0 Å². The van der Waals surface area contributed by atoms with Gasteiger partial charge >= 0.3 is 6.09 Å². The lowest BCUT2D eigenvalue weighted by Crippen LogP contribution is -2.36. The van der Waals surface area contributed by atoms with Gasteiger partial charge in [0.25, 0.3) is 0 Å². The first-order valence-corrected chi connectivity index (χ1v) is 5.51. The summed E-state index contributed by atoms with van der Waals surface area (Å²) in [6, 6.07) is 0. The SMILES string of the molecule is CC(C)(CS(=O)(=O)Cl)OC(N)=O. The second-order valence-corrected chi connectivity index (χ2v) is 5.64. The molecule has 0 rings (SSSR count). The van der Waals surface area contributed by atoms with E-state index in [-0.39, 0.29) is 0 Å². The quantitative estimate of drug-likeness (QED) is 0.692. The number of nitrogens with two attached hydrogens (primary N) is 1. The van der Waals surface area contributed by atoms with Crippen LogP contribution in [0.25, 0.3) is 0 Å². The summed E-state index contributed by atoms with van der Waals surface area (Å²) in [7, 11) is 1.25. The van der Waals surface area contributed by atoms with Crippen LogP contribution in [0.3, 0.4) is 0 Å². The summed E-state index contributed by atoms with van der Waals surface area (Å²) in [5.74, 6) is -0.468. The molecule has 2 N–H and O–H groups in total. The van der Waals surface area contributed by atoms with E-state index in [2.05, 4.69) is 4.74 Å². The van der Waals surface area contributed by atoms with Gasteiger partial charge in [0.1, 0.15) is 11.4 Å². The van der Waals surface area contributed by atoms with E-state index >= 15 is 0 Å². The highest BCUT2D eigenvalue weighted by Gasteiger charge is 2.28. The number of carbonyl (C=O) groups is 1. The second kappa shape index (κ2) is 3.49. The maximum absolute atomic E-state index is 10.6. The van der Waals surface area contributed by atoms with Crippen LogP contribution in [0.2, 0.25) is 0 Å². The molecule has 1 amide bonds. The van der Waals surface area contributed by atoms with Crippen LogP contribution in [0.4, 0.5) is 4.79 Å². The molecular weight excluding hydrogens is 206 g/mol. The standard InChI is InChI=1S/C5H10ClNO4S/c1-5(2,11-4(7)8)3-12(6,9)10/h3H2,1-2H3,(H2,7,8). The predicted molar refractivity (Wildman–Crippen MR) is 44.4 cm³/mol. The number of carbonyl (C=O) groups excluding carboxylic acids is 1. The summed E-state index contributed by atoms with van der Waals surface area (Å²) in [5, 5.41) is 0. The molecule has 0 unspecified atom stereocenters. The molecular formula is C5H10ClNO4S. The molecule has 0 radical (unpaired) electrons. The van der Waals surface area contributed by atoms with E-state index in [9.17, 15) is 13.2 Å². The van der Waals surface area contributed by atoms with Gasteiger partial charge in [-0.1, -0.05) is 0 Å². The summed E-state index contributed by atoms with van der Waals surface area (Å²) in [4.78, 5) is 10.3. The van der Waals surface area contributed by atoms with E-state index in [0.29, 0.717) is 0 Å². The highest BCUT2D eigenvalue weighted by Crippen LogP contribution is 2.14. The van der Waals surface area contributed by atoms with E-state index in [4.69, 9.17) is 16.4 Å². The number of halogens is 1. The fourth-order valence-electron chi connectivity index (χ4n) is 0.717. The molecule has 0 heterocycles. The van der Waals surface area contributed by atoms with Crippen molar-refractivity contribution in [3.63, 3.8) is 0 Å². The normalized spacial score (nSPS) is 12.6. The van der Waals surface area contributed by atoms with Crippen molar-refractivity contribution in [2.75, 3.05) is 5.75 Å². The van der Waals surface area contributed by atoms with Crippen molar-refractivity contribution in [2.45, 2.75) is 19.4 Å². The fraction of sp³-hybridized carbons (Fsp3) is 0.800. The molecule has 0 aromatic heterocycles. The first-order valence-electron chi connectivity index (χ1n) is 3.03. The number of hydrogen-bond acceptors (Lipinski definition) is 4. The highest BCUT2D eigenvalue weighted by atomic mass is 35.7. The summed E-state index contributed by atoms with van der Waals surface area (Å²) in [5.41, 5.74) is 3.51. The molecule has 7 heteroatoms. The Labute approximate surface area is 75.2 Å². The molecule has 0 saturated heterocycles. The number of ether oxygens (including phenoxy) is 1. The van der Waals surface area contributed by atoms with Gasteiger partial charge in [-0.2, -0.15) is 0 Å². The molecule has 0 aliphatic heterocycles. The number of primary amides is 1. The molecule has 12 heavy (non-hydrogen) atoms. The Kier molecular flexibility index (Phi) is 3.34. The minimum atomic E-state index is -3.69. The molecule has 0 aliphatic rings. The first kappa shape index (κ1) is 11.5.